The van der Waals surface area contributed by atoms with Crippen LogP contribution in [0.3, 0.4) is 0 Å². The molecule has 0 spiro atoms. The molecule has 2 N–H and O–H groups in total. The number of halogens is 2. The zero-order valence-electron chi connectivity index (χ0n) is 5.98. The largest absolute Gasteiger partial charge is 0.475 e. The maximum absolute atomic E-state index is 5.89. The second-order valence-corrected chi connectivity index (χ2v) is 2.99. The van der Waals surface area contributed by atoms with Crippen LogP contribution in [0.15, 0.2) is 18.2 Å². The fraction of sp³-hybridized carbons (Fsp3) is 0.125. The molecule has 60 valence electrons. The molecule has 0 aromatic heterocycles. The number of benzene rings is 1. The van der Waals surface area contributed by atoms with E-state index in [0.717, 1.165) is 12.1 Å². The Bertz CT molecular complexity index is 248. The first kappa shape index (κ1) is 8.85. The van der Waals surface area contributed by atoms with E-state index < -0.39 is 0 Å². The van der Waals surface area contributed by atoms with E-state index in [0.29, 0.717) is 10.0 Å². The van der Waals surface area contributed by atoms with Crippen LogP contribution in [0.25, 0.3) is 0 Å². The Hall–Kier alpha value is -0.240. The SMILES string of the molecule is [CH2-][NH2+]Cc1cccc(Cl)c1Cl. The number of rotatable bonds is 2. The zero-order chi connectivity index (χ0) is 8.27. The van der Waals surface area contributed by atoms with Crippen molar-refractivity contribution >= 4 is 23.2 Å². The highest BCUT2D eigenvalue weighted by molar-refractivity contribution is 6.42. The summed E-state index contributed by atoms with van der Waals surface area (Å²) in [5.41, 5.74) is 1.02. The van der Waals surface area contributed by atoms with Gasteiger partial charge < -0.3 is 5.32 Å². The minimum Gasteiger partial charge on any atom is -0.475 e. The van der Waals surface area contributed by atoms with Gasteiger partial charge in [-0.15, -0.1) is 0 Å². The smallest absolute Gasteiger partial charge is 0.0788 e. The predicted octanol–water partition coefficient (Wildman–Crippen LogP) is 1.85. The lowest BCUT2D eigenvalue weighted by Crippen LogP contribution is -2.74. The summed E-state index contributed by atoms with van der Waals surface area (Å²) in [6.07, 6.45) is 0. The van der Waals surface area contributed by atoms with Crippen molar-refractivity contribution < 1.29 is 5.32 Å². The molecule has 0 heterocycles. The van der Waals surface area contributed by atoms with Crippen LogP contribution in [0.1, 0.15) is 5.56 Å². The molecule has 0 saturated carbocycles. The van der Waals surface area contributed by atoms with E-state index in [1.54, 1.807) is 11.4 Å². The molecule has 0 fully saturated rings. The molecule has 1 rings (SSSR count). The van der Waals surface area contributed by atoms with Crippen molar-refractivity contribution in [1.82, 2.24) is 0 Å². The minimum absolute atomic E-state index is 0.603. The second kappa shape index (κ2) is 3.96. The fourth-order valence-corrected chi connectivity index (χ4v) is 1.26. The lowest BCUT2D eigenvalue weighted by atomic mass is 10.2. The van der Waals surface area contributed by atoms with Gasteiger partial charge in [0.15, 0.2) is 0 Å². The van der Waals surface area contributed by atoms with Crippen molar-refractivity contribution in [1.29, 1.82) is 0 Å². The molecule has 1 nitrogen and oxygen atoms in total. The lowest BCUT2D eigenvalue weighted by molar-refractivity contribution is -0.612. The number of hydrogen-bond donors (Lipinski definition) is 1. The quantitative estimate of drug-likeness (QED) is 0.685. The molecular weight excluding hydrogens is 181 g/mol. The standard InChI is InChI=1S/C8H9Cl2N/c1-11-5-6-3-2-4-7(9)8(6)10/h2-4H,1,5,11H2. The number of quaternary nitrogens is 1. The van der Waals surface area contributed by atoms with E-state index in [1.165, 1.54) is 0 Å². The third kappa shape index (κ3) is 2.09. The summed E-state index contributed by atoms with van der Waals surface area (Å²) < 4.78 is 0. The van der Waals surface area contributed by atoms with Crippen molar-refractivity contribution in [3.05, 3.63) is 40.9 Å². The van der Waals surface area contributed by atoms with Gasteiger partial charge in [0.1, 0.15) is 0 Å². The first-order chi connectivity index (χ1) is 5.25. The summed E-state index contributed by atoms with van der Waals surface area (Å²) in [5.74, 6) is 0. The molecule has 11 heavy (non-hydrogen) atoms. The van der Waals surface area contributed by atoms with Gasteiger partial charge in [-0.1, -0.05) is 35.3 Å². The Kier molecular flexibility index (Phi) is 3.18. The molecule has 3 heteroatoms. The molecule has 0 saturated heterocycles. The van der Waals surface area contributed by atoms with Crippen molar-refractivity contribution in [3.63, 3.8) is 0 Å². The maximum Gasteiger partial charge on any atom is 0.0788 e. The van der Waals surface area contributed by atoms with Gasteiger partial charge >= 0.3 is 0 Å². The molecule has 0 atom stereocenters. The highest BCUT2D eigenvalue weighted by atomic mass is 35.5. The predicted molar refractivity (Wildman–Crippen MR) is 47.4 cm³/mol. The van der Waals surface area contributed by atoms with Crippen LogP contribution in [0.2, 0.25) is 10.0 Å². The van der Waals surface area contributed by atoms with Gasteiger partial charge in [-0.25, -0.2) is 0 Å². The lowest BCUT2D eigenvalue weighted by Gasteiger charge is -2.03. The van der Waals surface area contributed by atoms with Crippen molar-refractivity contribution in [2.45, 2.75) is 6.54 Å². The molecule has 0 bridgehead atoms. The number of nitrogens with two attached hydrogens (primary N) is 1. The van der Waals surface area contributed by atoms with Crippen LogP contribution in [0.4, 0.5) is 0 Å². The van der Waals surface area contributed by atoms with Crippen LogP contribution < -0.4 is 5.32 Å². The van der Waals surface area contributed by atoms with Crippen LogP contribution >= 0.6 is 23.2 Å². The molecule has 0 radical (unpaired) electrons. The minimum atomic E-state index is 0.603. The van der Waals surface area contributed by atoms with Gasteiger partial charge in [0.25, 0.3) is 0 Å². The molecule has 0 aliphatic rings. The van der Waals surface area contributed by atoms with Gasteiger partial charge in [-0.05, 0) is 6.07 Å². The molecule has 1 aromatic rings. The molecule has 0 aliphatic heterocycles. The number of hydrogen-bond acceptors (Lipinski definition) is 0. The van der Waals surface area contributed by atoms with Gasteiger partial charge in [-0.3, -0.25) is 0 Å². The molecule has 0 aliphatic carbocycles. The fourth-order valence-electron chi connectivity index (χ4n) is 0.862. The Balaban J connectivity index is 2.96. The monoisotopic (exact) mass is 189 g/mol. The molecule has 0 amide bonds. The van der Waals surface area contributed by atoms with Crippen LogP contribution in [-0.4, -0.2) is 0 Å². The van der Waals surface area contributed by atoms with E-state index in [9.17, 15) is 0 Å². The summed E-state index contributed by atoms with van der Waals surface area (Å²) in [5, 5.41) is 3.04. The molecule has 1 aromatic carbocycles. The van der Waals surface area contributed by atoms with E-state index in [4.69, 9.17) is 23.2 Å². The van der Waals surface area contributed by atoms with Crippen molar-refractivity contribution in [2.75, 3.05) is 0 Å². The van der Waals surface area contributed by atoms with Crippen LogP contribution in [0, 0.1) is 7.05 Å². The summed E-state index contributed by atoms with van der Waals surface area (Å²) in [7, 11) is 3.63. The Labute approximate surface area is 76.3 Å². The first-order valence-corrected chi connectivity index (χ1v) is 4.05. The summed E-state index contributed by atoms with van der Waals surface area (Å²) in [4.78, 5) is 0. The summed E-state index contributed by atoms with van der Waals surface area (Å²) in [6, 6.07) is 5.60. The Morgan fingerprint density at radius 1 is 1.36 bits per heavy atom. The zero-order valence-corrected chi connectivity index (χ0v) is 7.49. The highest BCUT2D eigenvalue weighted by Crippen LogP contribution is 2.24. The summed E-state index contributed by atoms with van der Waals surface area (Å²) >= 11 is 11.7. The van der Waals surface area contributed by atoms with Crippen LogP contribution in [0.5, 0.6) is 0 Å². The van der Waals surface area contributed by atoms with Gasteiger partial charge in [-0.2, -0.15) is 7.05 Å². The third-order valence-corrected chi connectivity index (χ3v) is 2.25. The van der Waals surface area contributed by atoms with Gasteiger partial charge in [0.2, 0.25) is 0 Å². The normalized spacial score (nSPS) is 10.1. The summed E-state index contributed by atoms with van der Waals surface area (Å²) in [6.45, 7) is 0.763. The average molecular weight is 190 g/mol. The van der Waals surface area contributed by atoms with E-state index >= 15 is 0 Å². The molecular formula is C8H9Cl2N. The van der Waals surface area contributed by atoms with Crippen LogP contribution in [-0.2, 0) is 6.54 Å². The second-order valence-electron chi connectivity index (χ2n) is 2.21. The van der Waals surface area contributed by atoms with Crippen molar-refractivity contribution in [3.8, 4) is 0 Å². The van der Waals surface area contributed by atoms with Gasteiger partial charge in [0.05, 0.1) is 16.6 Å². The van der Waals surface area contributed by atoms with E-state index in [-0.39, 0.29) is 0 Å². The third-order valence-electron chi connectivity index (χ3n) is 1.40. The first-order valence-electron chi connectivity index (χ1n) is 3.29. The highest BCUT2D eigenvalue weighted by Gasteiger charge is 2.02. The molecule has 0 unspecified atom stereocenters. The van der Waals surface area contributed by atoms with Gasteiger partial charge in [0, 0.05) is 5.56 Å². The van der Waals surface area contributed by atoms with Crippen molar-refractivity contribution in [2.24, 2.45) is 0 Å². The van der Waals surface area contributed by atoms with E-state index in [1.807, 2.05) is 12.1 Å². The average Bonchev–Trinajstić information content (AvgIpc) is 1.99. The maximum atomic E-state index is 5.89. The van der Waals surface area contributed by atoms with E-state index in [2.05, 4.69) is 7.05 Å². The topological polar surface area (TPSA) is 16.6 Å². The Morgan fingerprint density at radius 2 is 2.09 bits per heavy atom. The Morgan fingerprint density at radius 3 is 2.73 bits per heavy atom.